The molecule has 3 nitrogen and oxygen atoms in total. The molecule has 5 heteroatoms. The molecule has 1 aromatic heterocycles. The van der Waals surface area contributed by atoms with Gasteiger partial charge in [-0.1, -0.05) is 24.3 Å². The maximum absolute atomic E-state index is 12.9. The first-order valence-electron chi connectivity index (χ1n) is 8.22. The minimum atomic E-state index is -0.466. The van der Waals surface area contributed by atoms with Crippen LogP contribution in [-0.4, -0.2) is 42.9 Å². The number of benzene rings is 1. The van der Waals surface area contributed by atoms with E-state index in [1.165, 1.54) is 10.4 Å². The van der Waals surface area contributed by atoms with Crippen molar-refractivity contribution in [1.82, 2.24) is 9.80 Å². The van der Waals surface area contributed by atoms with E-state index in [4.69, 9.17) is 0 Å². The zero-order chi connectivity index (χ0) is 17.1. The van der Waals surface area contributed by atoms with Crippen molar-refractivity contribution >= 4 is 17.2 Å². The molecule has 24 heavy (non-hydrogen) atoms. The third kappa shape index (κ3) is 3.68. The van der Waals surface area contributed by atoms with Gasteiger partial charge in [-0.2, -0.15) is 0 Å². The van der Waals surface area contributed by atoms with Crippen LogP contribution in [0.4, 0.5) is 4.39 Å². The molecule has 0 saturated carbocycles. The molecule has 1 amide bonds. The molecule has 3 rings (SSSR count). The largest absolute Gasteiger partial charge is 0.334 e. The number of likely N-dealkylation sites (N-methyl/N-ethyl adjacent to an activating group) is 1. The van der Waals surface area contributed by atoms with Gasteiger partial charge < -0.3 is 9.80 Å². The molecule has 0 aliphatic carbocycles. The summed E-state index contributed by atoms with van der Waals surface area (Å²) >= 11 is 1.79. The molecule has 0 saturated heterocycles. The summed E-state index contributed by atoms with van der Waals surface area (Å²) < 4.78 is 12.6. The first-order valence-corrected chi connectivity index (χ1v) is 9.10. The predicted molar refractivity (Wildman–Crippen MR) is 96.0 cm³/mol. The van der Waals surface area contributed by atoms with E-state index in [0.717, 1.165) is 25.1 Å². The summed E-state index contributed by atoms with van der Waals surface area (Å²) in [6.45, 7) is 1.13. The van der Waals surface area contributed by atoms with Gasteiger partial charge in [0.25, 0.3) is 0 Å². The Bertz CT molecular complexity index is 696. The number of carbonyl (C=O) groups excluding carboxylic acids is 1. The number of alkyl halides is 1. The lowest BCUT2D eigenvalue weighted by Crippen LogP contribution is -2.44. The lowest BCUT2D eigenvalue weighted by Gasteiger charge is -2.37. The molecule has 1 atom stereocenters. The fourth-order valence-electron chi connectivity index (χ4n) is 3.26. The average molecular weight is 346 g/mol. The number of nitrogens with zero attached hydrogens (tertiary/aromatic N) is 2. The van der Waals surface area contributed by atoms with Crippen LogP contribution in [-0.2, 0) is 24.3 Å². The number of fused-ring (bicyclic) bond motifs is 1. The Kier molecular flexibility index (Phi) is 5.31. The summed E-state index contributed by atoms with van der Waals surface area (Å²) in [5.74, 6) is 0.145. The first-order chi connectivity index (χ1) is 11.6. The van der Waals surface area contributed by atoms with Crippen LogP contribution in [0.2, 0.25) is 0 Å². The van der Waals surface area contributed by atoms with Crippen molar-refractivity contribution in [2.75, 3.05) is 27.2 Å². The van der Waals surface area contributed by atoms with Gasteiger partial charge >= 0.3 is 0 Å². The van der Waals surface area contributed by atoms with Crippen molar-refractivity contribution in [2.24, 2.45) is 0 Å². The Morgan fingerprint density at radius 1 is 1.25 bits per heavy atom. The van der Waals surface area contributed by atoms with E-state index in [1.54, 1.807) is 23.5 Å². The Hall–Kier alpha value is -1.72. The molecule has 0 spiro atoms. The Morgan fingerprint density at radius 3 is 2.62 bits per heavy atom. The monoisotopic (exact) mass is 346 g/mol. The van der Waals surface area contributed by atoms with Crippen LogP contribution in [0.3, 0.4) is 0 Å². The van der Waals surface area contributed by atoms with Gasteiger partial charge in [-0.3, -0.25) is 4.79 Å². The Balaban J connectivity index is 1.77. The molecule has 128 valence electrons. The first kappa shape index (κ1) is 17.1. The van der Waals surface area contributed by atoms with E-state index in [9.17, 15) is 9.18 Å². The average Bonchev–Trinajstić information content (AvgIpc) is 3.04. The highest BCUT2D eigenvalue weighted by atomic mass is 32.1. The van der Waals surface area contributed by atoms with Crippen molar-refractivity contribution in [3.63, 3.8) is 0 Å². The Morgan fingerprint density at radius 2 is 1.96 bits per heavy atom. The van der Waals surface area contributed by atoms with Gasteiger partial charge in [-0.25, -0.2) is 4.39 Å². The van der Waals surface area contributed by atoms with Crippen molar-refractivity contribution in [3.8, 4) is 0 Å². The van der Waals surface area contributed by atoms with Crippen molar-refractivity contribution in [1.29, 1.82) is 0 Å². The number of carbonyl (C=O) groups is 1. The SMILES string of the molecule is CN(C)CC1c2ccsc2CCN1C(=O)Cc1ccc(CF)cc1. The molecular formula is C19H23FN2OS. The molecule has 1 unspecified atom stereocenters. The van der Waals surface area contributed by atoms with Gasteiger partial charge in [0.1, 0.15) is 6.67 Å². The second-order valence-electron chi connectivity index (χ2n) is 6.54. The second-order valence-corrected chi connectivity index (χ2v) is 7.54. The fourth-order valence-corrected chi connectivity index (χ4v) is 4.19. The molecular weight excluding hydrogens is 323 g/mol. The number of rotatable bonds is 5. The highest BCUT2D eigenvalue weighted by molar-refractivity contribution is 7.10. The summed E-state index contributed by atoms with van der Waals surface area (Å²) in [7, 11) is 4.08. The summed E-state index contributed by atoms with van der Waals surface area (Å²) in [4.78, 5) is 18.4. The zero-order valence-corrected chi connectivity index (χ0v) is 15.0. The lowest BCUT2D eigenvalue weighted by molar-refractivity contribution is -0.133. The molecule has 2 aromatic rings. The maximum atomic E-state index is 12.9. The van der Waals surface area contributed by atoms with Gasteiger partial charge in [0.15, 0.2) is 0 Å². The van der Waals surface area contributed by atoms with E-state index in [1.807, 2.05) is 31.1 Å². The smallest absolute Gasteiger partial charge is 0.227 e. The van der Waals surface area contributed by atoms with Gasteiger partial charge in [0.2, 0.25) is 5.91 Å². The molecule has 1 aliphatic rings. The summed E-state index contributed by atoms with van der Waals surface area (Å²) in [5, 5.41) is 2.12. The normalized spacial score (nSPS) is 17.2. The number of halogens is 1. The van der Waals surface area contributed by atoms with Crippen LogP contribution in [0, 0.1) is 0 Å². The molecule has 0 fully saturated rings. The number of amides is 1. The summed E-state index contributed by atoms with van der Waals surface area (Å²) in [6.07, 6.45) is 1.30. The van der Waals surface area contributed by atoms with Gasteiger partial charge in [0.05, 0.1) is 12.5 Å². The number of hydrogen-bond acceptors (Lipinski definition) is 3. The van der Waals surface area contributed by atoms with E-state index in [2.05, 4.69) is 16.3 Å². The predicted octanol–water partition coefficient (Wildman–Crippen LogP) is 3.45. The number of hydrogen-bond donors (Lipinski definition) is 0. The quantitative estimate of drug-likeness (QED) is 0.828. The molecule has 1 aromatic carbocycles. The van der Waals surface area contributed by atoms with Crippen molar-refractivity contribution in [2.45, 2.75) is 25.6 Å². The molecule has 0 N–H and O–H groups in total. The van der Waals surface area contributed by atoms with E-state index in [-0.39, 0.29) is 11.9 Å². The van der Waals surface area contributed by atoms with Gasteiger partial charge in [-0.15, -0.1) is 11.3 Å². The molecule has 0 radical (unpaired) electrons. The topological polar surface area (TPSA) is 23.6 Å². The van der Waals surface area contributed by atoms with Crippen LogP contribution in [0.25, 0.3) is 0 Å². The molecule has 1 aliphatic heterocycles. The third-order valence-corrected chi connectivity index (χ3v) is 5.48. The number of thiophene rings is 1. The minimum Gasteiger partial charge on any atom is -0.334 e. The fraction of sp³-hybridized carbons (Fsp3) is 0.421. The lowest BCUT2D eigenvalue weighted by atomic mass is 9.98. The minimum absolute atomic E-state index is 0.118. The van der Waals surface area contributed by atoms with Crippen LogP contribution >= 0.6 is 11.3 Å². The van der Waals surface area contributed by atoms with E-state index < -0.39 is 6.67 Å². The van der Waals surface area contributed by atoms with Crippen LogP contribution in [0.5, 0.6) is 0 Å². The van der Waals surface area contributed by atoms with E-state index >= 15 is 0 Å². The van der Waals surface area contributed by atoms with Crippen LogP contribution in [0.1, 0.15) is 27.6 Å². The maximum Gasteiger partial charge on any atom is 0.227 e. The molecule has 2 heterocycles. The van der Waals surface area contributed by atoms with Gasteiger partial charge in [-0.05, 0) is 48.7 Å². The van der Waals surface area contributed by atoms with Crippen molar-refractivity contribution in [3.05, 3.63) is 57.3 Å². The third-order valence-electron chi connectivity index (χ3n) is 4.49. The highest BCUT2D eigenvalue weighted by Crippen LogP contribution is 2.34. The summed E-state index contributed by atoms with van der Waals surface area (Å²) in [6, 6.07) is 9.50. The Labute approximate surface area is 146 Å². The van der Waals surface area contributed by atoms with Crippen molar-refractivity contribution < 1.29 is 9.18 Å². The second kappa shape index (κ2) is 7.45. The zero-order valence-electron chi connectivity index (χ0n) is 14.2. The highest BCUT2D eigenvalue weighted by Gasteiger charge is 2.31. The molecule has 0 bridgehead atoms. The standard InChI is InChI=1S/C19H23FN2OS/c1-21(2)13-17-16-8-10-24-18(16)7-9-22(17)19(23)11-14-3-5-15(12-20)6-4-14/h3-6,8,10,17H,7,9,11-13H2,1-2H3. The van der Waals surface area contributed by atoms with Crippen LogP contribution < -0.4 is 0 Å². The van der Waals surface area contributed by atoms with E-state index in [0.29, 0.717) is 12.0 Å². The van der Waals surface area contributed by atoms with Gasteiger partial charge in [0, 0.05) is 18.0 Å². The summed E-state index contributed by atoms with van der Waals surface area (Å²) in [5.41, 5.74) is 2.88. The van der Waals surface area contributed by atoms with Crippen LogP contribution in [0.15, 0.2) is 35.7 Å².